The first-order valence-corrected chi connectivity index (χ1v) is 8.13. The number of ether oxygens (including phenoxy) is 1. The van der Waals surface area contributed by atoms with E-state index in [1.165, 1.54) is 9.47 Å². The van der Waals surface area contributed by atoms with Gasteiger partial charge < -0.3 is 24.9 Å². The largest absolute Gasteiger partial charge is 0.481 e. The minimum atomic E-state index is -1.13. The van der Waals surface area contributed by atoms with Crippen molar-refractivity contribution >= 4 is 23.7 Å². The van der Waals surface area contributed by atoms with Gasteiger partial charge in [-0.1, -0.05) is 0 Å². The summed E-state index contributed by atoms with van der Waals surface area (Å²) in [5.74, 6) is -1.81. The van der Waals surface area contributed by atoms with Crippen LogP contribution in [-0.4, -0.2) is 61.5 Å². The van der Waals surface area contributed by atoms with Gasteiger partial charge in [-0.25, -0.2) is 9.55 Å². The van der Waals surface area contributed by atoms with Crippen LogP contribution in [0.25, 0.3) is 0 Å². The van der Waals surface area contributed by atoms with E-state index in [1.807, 2.05) is 0 Å². The second-order valence-corrected chi connectivity index (χ2v) is 5.98. The molecule has 1 amide bonds. The molecule has 0 bridgehead atoms. The summed E-state index contributed by atoms with van der Waals surface area (Å²) >= 11 is 0. The van der Waals surface area contributed by atoms with E-state index in [0.717, 1.165) is 6.20 Å². The summed E-state index contributed by atoms with van der Waals surface area (Å²) in [4.78, 5) is 50.3. The Morgan fingerprint density at radius 2 is 2.15 bits per heavy atom. The lowest BCUT2D eigenvalue weighted by atomic mass is 10.3. The maximum atomic E-state index is 11.9. The molecular weight excluding hydrogens is 348 g/mol. The van der Waals surface area contributed by atoms with Crippen molar-refractivity contribution in [3.8, 4) is 0 Å². The van der Waals surface area contributed by atoms with Crippen molar-refractivity contribution in [1.82, 2.24) is 14.5 Å². The van der Waals surface area contributed by atoms with Crippen LogP contribution in [0.4, 0.5) is 5.82 Å². The average Bonchev–Trinajstić information content (AvgIpc) is 3.12. The maximum Gasteiger partial charge on any atom is 0.342 e. The van der Waals surface area contributed by atoms with Crippen LogP contribution in [0, 0.1) is 17.0 Å². The first kappa shape index (κ1) is 19.3. The predicted molar refractivity (Wildman–Crippen MR) is 86.2 cm³/mol. The van der Waals surface area contributed by atoms with Crippen molar-refractivity contribution in [1.29, 1.82) is 0 Å². The van der Waals surface area contributed by atoms with Gasteiger partial charge in [-0.2, -0.15) is 0 Å². The van der Waals surface area contributed by atoms with Gasteiger partial charge in [0.05, 0.1) is 19.4 Å². The normalized spacial score (nSPS) is 15.1. The van der Waals surface area contributed by atoms with E-state index in [1.54, 1.807) is 6.92 Å². The molecule has 1 aliphatic heterocycles. The number of likely N-dealkylation sites (tertiary alicyclic amines) is 1. The van der Waals surface area contributed by atoms with E-state index < -0.39 is 23.0 Å². The Labute approximate surface area is 148 Å². The molecule has 0 aromatic carbocycles. The Hall–Kier alpha value is -2.98. The van der Waals surface area contributed by atoms with Gasteiger partial charge in [0.15, 0.2) is 11.9 Å². The summed E-state index contributed by atoms with van der Waals surface area (Å²) in [5, 5.41) is 19.8. The zero-order chi connectivity index (χ0) is 19.3. The lowest BCUT2D eigenvalue weighted by molar-refractivity contribution is -0.392. The number of carboxylic acids is 1. The van der Waals surface area contributed by atoms with Crippen molar-refractivity contribution in [2.75, 3.05) is 13.1 Å². The number of hydrogen-bond donors (Lipinski definition) is 1. The number of carbonyl (C=O) groups excluding carboxylic acids is 2. The summed E-state index contributed by atoms with van der Waals surface area (Å²) in [6.45, 7) is 2.14. The van der Waals surface area contributed by atoms with Crippen LogP contribution in [0.2, 0.25) is 0 Å². The molecule has 1 atom stereocenters. The molecule has 0 radical (unpaired) electrons. The molecule has 11 heteroatoms. The highest BCUT2D eigenvalue weighted by molar-refractivity contribution is 5.78. The molecule has 1 aromatic heterocycles. The minimum absolute atomic E-state index is 0.0509. The number of aliphatic carboxylic acids is 1. The predicted octanol–water partition coefficient (Wildman–Crippen LogP) is 0.499. The van der Waals surface area contributed by atoms with E-state index in [9.17, 15) is 24.5 Å². The first-order valence-electron chi connectivity index (χ1n) is 8.13. The molecule has 0 aliphatic carbocycles. The lowest BCUT2D eigenvalue weighted by Crippen LogP contribution is -2.38. The molecule has 1 aliphatic rings. The van der Waals surface area contributed by atoms with Gasteiger partial charge in [-0.05, 0) is 11.3 Å². The number of esters is 1. The second-order valence-electron chi connectivity index (χ2n) is 5.98. The van der Waals surface area contributed by atoms with Crippen molar-refractivity contribution in [3.63, 3.8) is 0 Å². The van der Waals surface area contributed by atoms with Crippen LogP contribution >= 0.6 is 0 Å². The summed E-state index contributed by atoms with van der Waals surface area (Å²) in [6.07, 6.45) is 0.681. The number of nitro groups is 1. The van der Waals surface area contributed by atoms with E-state index >= 15 is 0 Å². The molecule has 0 unspecified atom stereocenters. The smallest absolute Gasteiger partial charge is 0.342 e. The second kappa shape index (κ2) is 8.41. The molecule has 2 rings (SSSR count). The van der Waals surface area contributed by atoms with Crippen LogP contribution in [0.5, 0.6) is 0 Å². The standard InChI is InChI=1S/C15H20N4O7/c1-10-16-7-12(19(24)25)18(10)9-11(8-17-6-2-3-13(17)20)26-15(23)5-4-14(21)22/h7,11H,2-6,8-9H2,1H3,(H,21,22)/t11-/m0/s1. The fourth-order valence-electron chi connectivity index (χ4n) is 2.76. The quantitative estimate of drug-likeness (QED) is 0.377. The van der Waals surface area contributed by atoms with Gasteiger partial charge in [0.2, 0.25) is 5.91 Å². The number of hydrogen-bond acceptors (Lipinski definition) is 7. The molecule has 1 aromatic rings. The fraction of sp³-hybridized carbons (Fsp3) is 0.600. The Kier molecular flexibility index (Phi) is 6.26. The number of aromatic nitrogens is 2. The van der Waals surface area contributed by atoms with E-state index in [2.05, 4.69) is 4.98 Å². The molecule has 142 valence electrons. The average molecular weight is 368 g/mol. The van der Waals surface area contributed by atoms with Crippen molar-refractivity contribution in [2.24, 2.45) is 0 Å². The van der Waals surface area contributed by atoms with Crippen molar-refractivity contribution in [2.45, 2.75) is 45.3 Å². The number of carbonyl (C=O) groups is 3. The van der Waals surface area contributed by atoms with Gasteiger partial charge in [0.25, 0.3) is 0 Å². The summed E-state index contributed by atoms with van der Waals surface area (Å²) in [5.41, 5.74) is 0. The third kappa shape index (κ3) is 5.01. The molecule has 26 heavy (non-hydrogen) atoms. The molecular formula is C15H20N4O7. The highest BCUT2D eigenvalue weighted by atomic mass is 16.6. The molecule has 1 N–H and O–H groups in total. The van der Waals surface area contributed by atoms with E-state index in [-0.39, 0.29) is 37.7 Å². The minimum Gasteiger partial charge on any atom is -0.481 e. The summed E-state index contributed by atoms with van der Waals surface area (Å²) in [6, 6.07) is 0. The first-order chi connectivity index (χ1) is 12.3. The van der Waals surface area contributed by atoms with Gasteiger partial charge in [-0.15, -0.1) is 0 Å². The Morgan fingerprint density at radius 3 is 2.73 bits per heavy atom. The Morgan fingerprint density at radius 1 is 1.42 bits per heavy atom. The highest BCUT2D eigenvalue weighted by Gasteiger charge is 2.29. The maximum absolute atomic E-state index is 11.9. The Balaban J connectivity index is 2.13. The number of nitrogens with zero attached hydrogens (tertiary/aromatic N) is 4. The highest BCUT2D eigenvalue weighted by Crippen LogP contribution is 2.18. The van der Waals surface area contributed by atoms with E-state index in [4.69, 9.17) is 9.84 Å². The number of aryl methyl sites for hydroxylation is 1. The number of imidazole rings is 1. The fourth-order valence-corrected chi connectivity index (χ4v) is 2.76. The molecule has 1 fully saturated rings. The zero-order valence-corrected chi connectivity index (χ0v) is 14.3. The zero-order valence-electron chi connectivity index (χ0n) is 14.3. The van der Waals surface area contributed by atoms with Crippen molar-refractivity contribution in [3.05, 3.63) is 22.1 Å². The number of rotatable bonds is 9. The SMILES string of the molecule is Cc1ncc([N+](=O)[O-])n1C[C@H](CN1CCCC1=O)OC(=O)CCC(=O)O. The summed E-state index contributed by atoms with van der Waals surface area (Å²) in [7, 11) is 0. The van der Waals surface area contributed by atoms with Crippen LogP contribution in [0.1, 0.15) is 31.5 Å². The van der Waals surface area contributed by atoms with Gasteiger partial charge >= 0.3 is 17.8 Å². The van der Waals surface area contributed by atoms with Crippen molar-refractivity contribution < 1.29 is 29.2 Å². The monoisotopic (exact) mass is 368 g/mol. The molecule has 0 spiro atoms. The van der Waals surface area contributed by atoms with Gasteiger partial charge in [-0.3, -0.25) is 14.4 Å². The third-order valence-electron chi connectivity index (χ3n) is 4.04. The van der Waals surface area contributed by atoms with Crippen LogP contribution in [0.15, 0.2) is 6.20 Å². The molecule has 1 saturated heterocycles. The van der Waals surface area contributed by atoms with Crippen LogP contribution < -0.4 is 0 Å². The van der Waals surface area contributed by atoms with E-state index in [0.29, 0.717) is 25.2 Å². The lowest BCUT2D eigenvalue weighted by Gasteiger charge is -2.23. The summed E-state index contributed by atoms with van der Waals surface area (Å²) < 4.78 is 6.61. The van der Waals surface area contributed by atoms with Crippen LogP contribution in [-0.2, 0) is 25.7 Å². The number of carboxylic acid groups (broad SMARTS) is 1. The Bertz CT molecular complexity index is 715. The number of amides is 1. The topological polar surface area (TPSA) is 145 Å². The van der Waals surface area contributed by atoms with Crippen LogP contribution in [0.3, 0.4) is 0 Å². The molecule has 11 nitrogen and oxygen atoms in total. The molecule has 2 heterocycles. The van der Waals surface area contributed by atoms with Gasteiger partial charge in [0.1, 0.15) is 12.7 Å². The van der Waals surface area contributed by atoms with Gasteiger partial charge in [0, 0.05) is 19.9 Å². The molecule has 0 saturated carbocycles. The third-order valence-corrected chi connectivity index (χ3v) is 4.04.